The zero-order valence-corrected chi connectivity index (χ0v) is 10.6. The van der Waals surface area contributed by atoms with E-state index in [0.29, 0.717) is 6.04 Å². The molecule has 1 unspecified atom stereocenters. The van der Waals surface area contributed by atoms with Crippen molar-refractivity contribution >= 4 is 17.4 Å². The molecule has 1 aliphatic rings. The highest BCUT2D eigenvalue weighted by Crippen LogP contribution is 2.31. The van der Waals surface area contributed by atoms with Gasteiger partial charge in [-0.15, -0.1) is 11.8 Å². The Kier molecular flexibility index (Phi) is 4.13. The summed E-state index contributed by atoms with van der Waals surface area (Å²) in [6.07, 6.45) is 3.43. The maximum atomic E-state index is 5.75. The van der Waals surface area contributed by atoms with Crippen molar-refractivity contribution in [2.24, 2.45) is 5.73 Å². The third-order valence-electron chi connectivity index (χ3n) is 2.84. The van der Waals surface area contributed by atoms with Gasteiger partial charge in [0, 0.05) is 28.9 Å². The predicted octanol–water partition coefficient (Wildman–Crippen LogP) is 2.87. The Balaban J connectivity index is 1.95. The molecule has 1 atom stereocenters. The van der Waals surface area contributed by atoms with E-state index in [1.807, 2.05) is 11.8 Å². The van der Waals surface area contributed by atoms with E-state index in [1.165, 1.54) is 28.3 Å². The summed E-state index contributed by atoms with van der Waals surface area (Å²) >= 11 is 1.94. The predicted molar refractivity (Wildman–Crippen MR) is 72.2 cm³/mol. The van der Waals surface area contributed by atoms with Crippen molar-refractivity contribution in [2.75, 3.05) is 17.6 Å². The number of fused-ring (bicyclic) bond motifs is 1. The number of anilines is 1. The third-order valence-corrected chi connectivity index (χ3v) is 3.92. The summed E-state index contributed by atoms with van der Waals surface area (Å²) in [5.41, 5.74) is 8.49. The van der Waals surface area contributed by atoms with Gasteiger partial charge in [0.15, 0.2) is 0 Å². The van der Waals surface area contributed by atoms with Crippen molar-refractivity contribution in [3.63, 3.8) is 0 Å². The van der Waals surface area contributed by atoms with Gasteiger partial charge in [-0.05, 0) is 43.9 Å². The van der Waals surface area contributed by atoms with Crippen LogP contribution in [0.3, 0.4) is 0 Å². The van der Waals surface area contributed by atoms with E-state index >= 15 is 0 Å². The summed E-state index contributed by atoms with van der Waals surface area (Å²) in [6.45, 7) is 3.16. The van der Waals surface area contributed by atoms with Crippen LogP contribution in [-0.2, 0) is 6.42 Å². The molecule has 1 aromatic rings. The number of rotatable bonds is 4. The van der Waals surface area contributed by atoms with Crippen molar-refractivity contribution < 1.29 is 0 Å². The van der Waals surface area contributed by atoms with Crippen LogP contribution in [-0.4, -0.2) is 18.3 Å². The molecular formula is C13H20N2S. The number of hydrogen-bond acceptors (Lipinski definition) is 3. The number of hydrogen-bond donors (Lipinski definition) is 2. The lowest BCUT2D eigenvalue weighted by molar-refractivity contribution is 0.624. The van der Waals surface area contributed by atoms with Gasteiger partial charge in [0.1, 0.15) is 0 Å². The summed E-state index contributed by atoms with van der Waals surface area (Å²) in [6, 6.07) is 7.11. The summed E-state index contributed by atoms with van der Waals surface area (Å²) in [5, 5.41) is 3.46. The van der Waals surface area contributed by atoms with Crippen molar-refractivity contribution in [1.82, 2.24) is 0 Å². The first-order valence-electron chi connectivity index (χ1n) is 6.01. The molecule has 3 heteroatoms. The van der Waals surface area contributed by atoms with Crippen LogP contribution >= 0.6 is 11.8 Å². The van der Waals surface area contributed by atoms with Gasteiger partial charge in [-0.25, -0.2) is 0 Å². The van der Waals surface area contributed by atoms with E-state index in [1.54, 1.807) is 0 Å². The Hall–Kier alpha value is -0.670. The molecule has 0 amide bonds. The lowest BCUT2D eigenvalue weighted by atomic mass is 10.1. The van der Waals surface area contributed by atoms with Gasteiger partial charge in [0.05, 0.1) is 0 Å². The zero-order chi connectivity index (χ0) is 11.4. The van der Waals surface area contributed by atoms with Gasteiger partial charge in [-0.2, -0.15) is 0 Å². The Bertz CT molecular complexity index is 350. The van der Waals surface area contributed by atoms with Crippen molar-refractivity contribution in [1.29, 1.82) is 0 Å². The van der Waals surface area contributed by atoms with E-state index in [0.717, 1.165) is 19.4 Å². The summed E-state index contributed by atoms with van der Waals surface area (Å²) in [7, 11) is 0. The molecule has 0 aromatic heterocycles. The van der Waals surface area contributed by atoms with Gasteiger partial charge in [0.2, 0.25) is 0 Å². The number of benzene rings is 1. The zero-order valence-electron chi connectivity index (χ0n) is 9.83. The lowest BCUT2D eigenvalue weighted by Crippen LogP contribution is -2.14. The van der Waals surface area contributed by atoms with Gasteiger partial charge in [-0.1, -0.05) is 6.07 Å². The smallest absolute Gasteiger partial charge is 0.0481 e. The fourth-order valence-corrected chi connectivity index (χ4v) is 2.85. The van der Waals surface area contributed by atoms with Gasteiger partial charge >= 0.3 is 0 Å². The normalized spacial score (nSPS) is 16.4. The van der Waals surface area contributed by atoms with Crippen molar-refractivity contribution in [2.45, 2.75) is 37.1 Å². The molecule has 0 aliphatic carbocycles. The molecule has 0 bridgehead atoms. The fraction of sp³-hybridized carbons (Fsp3) is 0.538. The molecule has 0 spiro atoms. The van der Waals surface area contributed by atoms with Gasteiger partial charge < -0.3 is 11.1 Å². The molecule has 1 heterocycles. The van der Waals surface area contributed by atoms with Crippen LogP contribution in [0.15, 0.2) is 23.1 Å². The Morgan fingerprint density at radius 1 is 1.50 bits per heavy atom. The molecule has 0 radical (unpaired) electrons. The van der Waals surface area contributed by atoms with E-state index in [9.17, 15) is 0 Å². The van der Waals surface area contributed by atoms with Crippen LogP contribution in [0.4, 0.5) is 5.69 Å². The van der Waals surface area contributed by atoms with Crippen LogP contribution in [0.5, 0.6) is 0 Å². The highest BCUT2D eigenvalue weighted by Gasteiger charge is 2.09. The Morgan fingerprint density at radius 2 is 2.38 bits per heavy atom. The molecule has 0 fully saturated rings. The Labute approximate surface area is 102 Å². The highest BCUT2D eigenvalue weighted by molar-refractivity contribution is 7.99. The second-order valence-electron chi connectivity index (χ2n) is 4.48. The van der Waals surface area contributed by atoms with E-state index in [-0.39, 0.29) is 0 Å². The van der Waals surface area contributed by atoms with E-state index < -0.39 is 0 Å². The molecule has 0 saturated heterocycles. The summed E-state index contributed by atoms with van der Waals surface area (Å²) in [5.74, 6) is 1.18. The quantitative estimate of drug-likeness (QED) is 0.844. The first kappa shape index (κ1) is 11.8. The number of nitrogens with one attached hydrogen (secondary N) is 1. The Morgan fingerprint density at radius 3 is 3.19 bits per heavy atom. The molecule has 2 rings (SSSR count). The summed E-state index contributed by atoms with van der Waals surface area (Å²) in [4.78, 5) is 1.39. The SMILES string of the molecule is CC(N)CCCc1ccc2c(c1)NCCS2. The number of thioether (sulfide) groups is 1. The van der Waals surface area contributed by atoms with Crippen LogP contribution < -0.4 is 11.1 Å². The minimum absolute atomic E-state index is 0.325. The number of nitrogens with two attached hydrogens (primary N) is 1. The average Bonchev–Trinajstić information content (AvgIpc) is 2.28. The molecular weight excluding hydrogens is 216 g/mol. The van der Waals surface area contributed by atoms with Gasteiger partial charge in [-0.3, -0.25) is 0 Å². The molecule has 88 valence electrons. The first-order chi connectivity index (χ1) is 7.75. The third kappa shape index (κ3) is 3.16. The lowest BCUT2D eigenvalue weighted by Gasteiger charge is -2.18. The molecule has 1 aliphatic heterocycles. The second kappa shape index (κ2) is 5.60. The minimum Gasteiger partial charge on any atom is -0.383 e. The second-order valence-corrected chi connectivity index (χ2v) is 5.61. The number of aryl methyl sites for hydroxylation is 1. The molecule has 1 aromatic carbocycles. The van der Waals surface area contributed by atoms with Crippen LogP contribution in [0.1, 0.15) is 25.3 Å². The van der Waals surface area contributed by atoms with Crippen LogP contribution in [0.25, 0.3) is 0 Å². The molecule has 16 heavy (non-hydrogen) atoms. The maximum Gasteiger partial charge on any atom is 0.0481 e. The molecule has 2 nitrogen and oxygen atoms in total. The largest absolute Gasteiger partial charge is 0.383 e. The van der Waals surface area contributed by atoms with E-state index in [4.69, 9.17) is 5.73 Å². The summed E-state index contributed by atoms with van der Waals surface area (Å²) < 4.78 is 0. The molecule has 3 N–H and O–H groups in total. The average molecular weight is 236 g/mol. The van der Waals surface area contributed by atoms with Crippen molar-refractivity contribution in [3.05, 3.63) is 23.8 Å². The molecule has 0 saturated carbocycles. The topological polar surface area (TPSA) is 38.0 Å². The monoisotopic (exact) mass is 236 g/mol. The fourth-order valence-electron chi connectivity index (χ4n) is 1.97. The highest BCUT2D eigenvalue weighted by atomic mass is 32.2. The van der Waals surface area contributed by atoms with Crippen LogP contribution in [0.2, 0.25) is 0 Å². The van der Waals surface area contributed by atoms with Crippen molar-refractivity contribution in [3.8, 4) is 0 Å². The minimum atomic E-state index is 0.325. The van der Waals surface area contributed by atoms with E-state index in [2.05, 4.69) is 30.4 Å². The van der Waals surface area contributed by atoms with Gasteiger partial charge in [0.25, 0.3) is 0 Å². The standard InChI is InChI=1S/C13H20N2S/c1-10(14)3-2-4-11-5-6-13-12(9-11)15-7-8-16-13/h5-6,9-10,15H,2-4,7-8,14H2,1H3. The first-order valence-corrected chi connectivity index (χ1v) is 6.99. The maximum absolute atomic E-state index is 5.75. The van der Waals surface area contributed by atoms with Crippen LogP contribution in [0, 0.1) is 0 Å².